The van der Waals surface area contributed by atoms with Gasteiger partial charge in [0.15, 0.2) is 0 Å². The van der Waals surface area contributed by atoms with E-state index in [1.165, 1.54) is 32.4 Å². The van der Waals surface area contributed by atoms with Gasteiger partial charge < -0.3 is 10.1 Å². The molecule has 0 aromatic heterocycles. The van der Waals surface area contributed by atoms with Gasteiger partial charge in [-0.1, -0.05) is 20.8 Å². The molecule has 0 rings (SSSR count). The Morgan fingerprint density at radius 2 is 1.61 bits per heavy atom. The van der Waals surface area contributed by atoms with E-state index in [9.17, 15) is 0 Å². The SMILES string of the molecule is CCCNCC(C)OCC(C)N(CCC)CCC. The smallest absolute Gasteiger partial charge is 0.0672 e. The molecule has 0 aliphatic carbocycles. The van der Waals surface area contributed by atoms with Crippen molar-refractivity contribution in [2.45, 2.75) is 66.0 Å². The number of hydrogen-bond donors (Lipinski definition) is 1. The van der Waals surface area contributed by atoms with Gasteiger partial charge in [0, 0.05) is 12.6 Å². The average molecular weight is 258 g/mol. The Morgan fingerprint density at radius 3 is 2.11 bits per heavy atom. The summed E-state index contributed by atoms with van der Waals surface area (Å²) in [4.78, 5) is 2.53. The highest BCUT2D eigenvalue weighted by atomic mass is 16.5. The van der Waals surface area contributed by atoms with Crippen molar-refractivity contribution in [3.05, 3.63) is 0 Å². The van der Waals surface area contributed by atoms with Crippen LogP contribution >= 0.6 is 0 Å². The maximum atomic E-state index is 5.92. The first-order valence-corrected chi connectivity index (χ1v) is 7.71. The Morgan fingerprint density at radius 1 is 1.00 bits per heavy atom. The third kappa shape index (κ3) is 8.90. The van der Waals surface area contributed by atoms with Crippen LogP contribution in [0.25, 0.3) is 0 Å². The molecule has 110 valence electrons. The third-order valence-corrected chi connectivity index (χ3v) is 3.13. The Hall–Kier alpha value is -0.120. The summed E-state index contributed by atoms with van der Waals surface area (Å²) in [6.45, 7) is 16.4. The molecule has 0 aromatic rings. The van der Waals surface area contributed by atoms with Crippen molar-refractivity contribution in [1.82, 2.24) is 10.2 Å². The first-order valence-electron chi connectivity index (χ1n) is 7.71. The van der Waals surface area contributed by atoms with Crippen LogP contribution in [0.4, 0.5) is 0 Å². The first-order chi connectivity index (χ1) is 8.65. The number of nitrogens with one attached hydrogen (secondary N) is 1. The van der Waals surface area contributed by atoms with E-state index in [-0.39, 0.29) is 0 Å². The van der Waals surface area contributed by atoms with E-state index < -0.39 is 0 Å². The molecule has 3 heteroatoms. The van der Waals surface area contributed by atoms with E-state index in [0.29, 0.717) is 12.1 Å². The molecule has 3 nitrogen and oxygen atoms in total. The molecule has 0 bridgehead atoms. The van der Waals surface area contributed by atoms with E-state index in [1.807, 2.05) is 0 Å². The molecule has 0 heterocycles. The highest BCUT2D eigenvalue weighted by molar-refractivity contribution is 4.67. The van der Waals surface area contributed by atoms with E-state index in [1.54, 1.807) is 0 Å². The molecule has 0 amide bonds. The second-order valence-corrected chi connectivity index (χ2v) is 5.23. The standard InChI is InChI=1S/C15H34N2O/c1-6-9-16-12-15(5)18-13-14(4)17(10-7-2)11-8-3/h14-16H,6-13H2,1-5H3. The van der Waals surface area contributed by atoms with E-state index in [4.69, 9.17) is 4.74 Å². The zero-order valence-corrected chi connectivity index (χ0v) is 13.2. The van der Waals surface area contributed by atoms with Gasteiger partial charge in [-0.05, 0) is 52.7 Å². The van der Waals surface area contributed by atoms with Crippen molar-refractivity contribution in [2.24, 2.45) is 0 Å². The van der Waals surface area contributed by atoms with Crippen LogP contribution in [0.5, 0.6) is 0 Å². The third-order valence-electron chi connectivity index (χ3n) is 3.13. The molecular formula is C15H34N2O. The maximum absolute atomic E-state index is 5.92. The summed E-state index contributed by atoms with van der Waals surface area (Å²) in [6.07, 6.45) is 3.93. The van der Waals surface area contributed by atoms with Gasteiger partial charge in [-0.15, -0.1) is 0 Å². The van der Waals surface area contributed by atoms with E-state index in [2.05, 4.69) is 44.8 Å². The van der Waals surface area contributed by atoms with Gasteiger partial charge in [0.1, 0.15) is 0 Å². The highest BCUT2D eigenvalue weighted by Gasteiger charge is 2.13. The van der Waals surface area contributed by atoms with Crippen LogP contribution in [0.15, 0.2) is 0 Å². The second-order valence-electron chi connectivity index (χ2n) is 5.23. The zero-order valence-electron chi connectivity index (χ0n) is 13.2. The number of rotatable bonds is 12. The largest absolute Gasteiger partial charge is 0.376 e. The van der Waals surface area contributed by atoms with Crippen LogP contribution < -0.4 is 5.32 Å². The predicted molar refractivity (Wildman–Crippen MR) is 80.2 cm³/mol. The summed E-state index contributed by atoms with van der Waals surface area (Å²) in [7, 11) is 0. The summed E-state index contributed by atoms with van der Waals surface area (Å²) in [5, 5.41) is 3.40. The highest BCUT2D eigenvalue weighted by Crippen LogP contribution is 2.04. The minimum atomic E-state index is 0.309. The molecule has 18 heavy (non-hydrogen) atoms. The lowest BCUT2D eigenvalue weighted by Gasteiger charge is -2.29. The lowest BCUT2D eigenvalue weighted by molar-refractivity contribution is 0.0219. The topological polar surface area (TPSA) is 24.5 Å². The molecule has 0 aliphatic rings. The molecule has 0 saturated carbocycles. The molecule has 0 saturated heterocycles. The summed E-state index contributed by atoms with van der Waals surface area (Å²) in [5.74, 6) is 0. The van der Waals surface area contributed by atoms with Crippen LogP contribution in [0.2, 0.25) is 0 Å². The van der Waals surface area contributed by atoms with Gasteiger partial charge in [0.25, 0.3) is 0 Å². The van der Waals surface area contributed by atoms with Gasteiger partial charge in [0.05, 0.1) is 12.7 Å². The van der Waals surface area contributed by atoms with Crippen LogP contribution in [0.3, 0.4) is 0 Å². The van der Waals surface area contributed by atoms with Crippen molar-refractivity contribution in [2.75, 3.05) is 32.8 Å². The average Bonchev–Trinajstić information content (AvgIpc) is 2.36. The van der Waals surface area contributed by atoms with Crippen LogP contribution in [-0.2, 0) is 4.74 Å². The summed E-state index contributed by atoms with van der Waals surface area (Å²) < 4.78 is 5.92. The number of hydrogen-bond acceptors (Lipinski definition) is 3. The molecule has 0 aliphatic heterocycles. The Balaban J connectivity index is 3.79. The predicted octanol–water partition coefficient (Wildman–Crippen LogP) is 2.90. The van der Waals surface area contributed by atoms with Gasteiger partial charge in [-0.2, -0.15) is 0 Å². The lowest BCUT2D eigenvalue weighted by atomic mass is 10.2. The molecule has 2 atom stereocenters. The minimum absolute atomic E-state index is 0.309. The summed E-state index contributed by atoms with van der Waals surface area (Å²) in [5.41, 5.74) is 0. The number of nitrogens with zero attached hydrogens (tertiary/aromatic N) is 1. The fourth-order valence-electron chi connectivity index (χ4n) is 2.08. The normalized spacial score (nSPS) is 15.0. The van der Waals surface area contributed by atoms with Crippen molar-refractivity contribution in [3.8, 4) is 0 Å². The van der Waals surface area contributed by atoms with Crippen molar-refractivity contribution >= 4 is 0 Å². The van der Waals surface area contributed by atoms with Crippen LogP contribution in [0, 0.1) is 0 Å². The van der Waals surface area contributed by atoms with Crippen LogP contribution in [0.1, 0.15) is 53.9 Å². The van der Waals surface area contributed by atoms with E-state index >= 15 is 0 Å². The summed E-state index contributed by atoms with van der Waals surface area (Å²) in [6, 6.07) is 0.526. The van der Waals surface area contributed by atoms with E-state index in [0.717, 1.165) is 19.7 Å². The van der Waals surface area contributed by atoms with Crippen LogP contribution in [-0.4, -0.2) is 49.8 Å². The molecule has 1 N–H and O–H groups in total. The Bertz CT molecular complexity index is 170. The molecule has 0 spiro atoms. The van der Waals surface area contributed by atoms with Crippen molar-refractivity contribution in [3.63, 3.8) is 0 Å². The Kier molecular flexibility index (Phi) is 11.9. The first kappa shape index (κ1) is 17.9. The van der Waals surface area contributed by atoms with Gasteiger partial charge in [0.2, 0.25) is 0 Å². The molecule has 2 unspecified atom stereocenters. The number of ether oxygens (including phenoxy) is 1. The monoisotopic (exact) mass is 258 g/mol. The van der Waals surface area contributed by atoms with Gasteiger partial charge in [-0.25, -0.2) is 0 Å². The fraction of sp³-hybridized carbons (Fsp3) is 1.00. The van der Waals surface area contributed by atoms with Gasteiger partial charge >= 0.3 is 0 Å². The second kappa shape index (κ2) is 11.9. The van der Waals surface area contributed by atoms with Crippen molar-refractivity contribution < 1.29 is 4.74 Å². The lowest BCUT2D eigenvalue weighted by Crippen LogP contribution is -2.39. The molecule has 0 fully saturated rings. The quantitative estimate of drug-likeness (QED) is 0.545. The zero-order chi connectivity index (χ0) is 13.8. The fourth-order valence-corrected chi connectivity index (χ4v) is 2.08. The molecule has 0 radical (unpaired) electrons. The minimum Gasteiger partial charge on any atom is -0.376 e. The van der Waals surface area contributed by atoms with Gasteiger partial charge in [-0.3, -0.25) is 4.90 Å². The maximum Gasteiger partial charge on any atom is 0.0672 e. The molecule has 0 aromatic carbocycles. The Labute approximate surface area is 114 Å². The summed E-state index contributed by atoms with van der Waals surface area (Å²) >= 11 is 0. The van der Waals surface area contributed by atoms with Crippen molar-refractivity contribution in [1.29, 1.82) is 0 Å². The molecular weight excluding hydrogens is 224 g/mol.